The number of rotatable bonds is 3. The fourth-order valence-corrected chi connectivity index (χ4v) is 2.92. The quantitative estimate of drug-likeness (QED) is 0.722. The molecule has 0 radical (unpaired) electrons. The Hall–Kier alpha value is -0.120. The van der Waals surface area contributed by atoms with Gasteiger partial charge in [0, 0.05) is 19.6 Å². The van der Waals surface area contributed by atoms with Crippen LogP contribution < -0.4 is 5.32 Å². The van der Waals surface area contributed by atoms with Gasteiger partial charge in [0.2, 0.25) is 0 Å². The lowest BCUT2D eigenvalue weighted by Crippen LogP contribution is -2.35. The van der Waals surface area contributed by atoms with Gasteiger partial charge in [0.1, 0.15) is 0 Å². The van der Waals surface area contributed by atoms with Crippen molar-refractivity contribution in [3.05, 3.63) is 0 Å². The standard InChI is InChI=1S/C12H24N2O/c1-2-11-8-14(9-12(11)15)7-10-3-5-13-6-4-10/h10-13,15H,2-9H2,1H3. The molecule has 2 unspecified atom stereocenters. The van der Waals surface area contributed by atoms with Gasteiger partial charge in [-0.1, -0.05) is 6.92 Å². The highest BCUT2D eigenvalue weighted by Gasteiger charge is 2.31. The normalized spacial score (nSPS) is 34.8. The average molecular weight is 212 g/mol. The topological polar surface area (TPSA) is 35.5 Å². The minimum Gasteiger partial charge on any atom is -0.391 e. The van der Waals surface area contributed by atoms with Crippen LogP contribution in [0.2, 0.25) is 0 Å². The first-order chi connectivity index (χ1) is 7.29. The van der Waals surface area contributed by atoms with Crippen molar-refractivity contribution in [2.45, 2.75) is 32.3 Å². The van der Waals surface area contributed by atoms with Crippen LogP contribution in [-0.2, 0) is 0 Å². The third kappa shape index (κ3) is 2.92. The Kier molecular flexibility index (Phi) is 4.00. The average Bonchev–Trinajstić information content (AvgIpc) is 2.60. The summed E-state index contributed by atoms with van der Waals surface area (Å²) in [6.45, 7) is 7.76. The molecule has 3 heteroatoms. The molecule has 3 nitrogen and oxygen atoms in total. The smallest absolute Gasteiger partial charge is 0.0707 e. The van der Waals surface area contributed by atoms with E-state index < -0.39 is 0 Å². The highest BCUT2D eigenvalue weighted by atomic mass is 16.3. The van der Waals surface area contributed by atoms with Gasteiger partial charge in [0.15, 0.2) is 0 Å². The van der Waals surface area contributed by atoms with Crippen LogP contribution in [-0.4, -0.2) is 48.8 Å². The summed E-state index contributed by atoms with van der Waals surface area (Å²) < 4.78 is 0. The molecule has 0 aromatic heterocycles. The molecule has 0 aromatic carbocycles. The van der Waals surface area contributed by atoms with Crippen LogP contribution in [0, 0.1) is 11.8 Å². The lowest BCUT2D eigenvalue weighted by atomic mass is 9.98. The number of hydrogen-bond acceptors (Lipinski definition) is 3. The van der Waals surface area contributed by atoms with Crippen molar-refractivity contribution < 1.29 is 5.11 Å². The van der Waals surface area contributed by atoms with E-state index in [1.54, 1.807) is 0 Å². The molecule has 2 saturated heterocycles. The second kappa shape index (κ2) is 5.28. The molecule has 0 spiro atoms. The Bertz CT molecular complexity index is 192. The molecule has 2 heterocycles. The van der Waals surface area contributed by atoms with Crippen molar-refractivity contribution in [1.82, 2.24) is 10.2 Å². The Morgan fingerprint density at radius 3 is 2.60 bits per heavy atom. The van der Waals surface area contributed by atoms with E-state index in [1.165, 1.54) is 32.5 Å². The zero-order valence-corrected chi connectivity index (χ0v) is 9.78. The number of likely N-dealkylation sites (tertiary alicyclic amines) is 1. The van der Waals surface area contributed by atoms with Crippen LogP contribution >= 0.6 is 0 Å². The molecule has 2 atom stereocenters. The van der Waals surface area contributed by atoms with Gasteiger partial charge >= 0.3 is 0 Å². The van der Waals surface area contributed by atoms with Gasteiger partial charge in [-0.25, -0.2) is 0 Å². The predicted octanol–water partition coefficient (Wildman–Crippen LogP) is 0.689. The summed E-state index contributed by atoms with van der Waals surface area (Å²) in [6.07, 6.45) is 3.66. The molecule has 0 saturated carbocycles. The largest absolute Gasteiger partial charge is 0.391 e. The molecule has 0 aromatic rings. The number of hydrogen-bond donors (Lipinski definition) is 2. The summed E-state index contributed by atoms with van der Waals surface area (Å²) >= 11 is 0. The summed E-state index contributed by atoms with van der Waals surface area (Å²) in [5.74, 6) is 1.38. The molecule has 2 aliphatic rings. The van der Waals surface area contributed by atoms with Crippen molar-refractivity contribution in [3.63, 3.8) is 0 Å². The molecule has 15 heavy (non-hydrogen) atoms. The van der Waals surface area contributed by atoms with Gasteiger partial charge in [-0.3, -0.25) is 0 Å². The maximum Gasteiger partial charge on any atom is 0.0707 e. The highest BCUT2D eigenvalue weighted by Crippen LogP contribution is 2.22. The summed E-state index contributed by atoms with van der Waals surface area (Å²) in [6, 6.07) is 0. The second-order valence-corrected chi connectivity index (χ2v) is 5.15. The highest BCUT2D eigenvalue weighted by molar-refractivity contribution is 4.84. The summed E-state index contributed by atoms with van der Waals surface area (Å²) in [5, 5.41) is 13.2. The van der Waals surface area contributed by atoms with Crippen LogP contribution in [0.25, 0.3) is 0 Å². The van der Waals surface area contributed by atoms with E-state index in [0.29, 0.717) is 5.92 Å². The van der Waals surface area contributed by atoms with Crippen molar-refractivity contribution in [2.75, 3.05) is 32.7 Å². The molecule has 2 rings (SSSR count). The SMILES string of the molecule is CCC1CN(CC2CCNCC2)CC1O. The first-order valence-electron chi connectivity index (χ1n) is 6.40. The number of aliphatic hydroxyl groups excluding tert-OH is 1. The Labute approximate surface area is 92.8 Å². The van der Waals surface area contributed by atoms with Crippen molar-refractivity contribution in [2.24, 2.45) is 11.8 Å². The van der Waals surface area contributed by atoms with E-state index >= 15 is 0 Å². The maximum absolute atomic E-state index is 9.83. The predicted molar refractivity (Wildman–Crippen MR) is 61.8 cm³/mol. The number of piperidine rings is 1. The molecule has 0 bridgehead atoms. The zero-order valence-electron chi connectivity index (χ0n) is 9.78. The first-order valence-corrected chi connectivity index (χ1v) is 6.40. The monoisotopic (exact) mass is 212 g/mol. The fourth-order valence-electron chi connectivity index (χ4n) is 2.92. The summed E-state index contributed by atoms with van der Waals surface area (Å²) in [7, 11) is 0. The second-order valence-electron chi connectivity index (χ2n) is 5.15. The zero-order chi connectivity index (χ0) is 10.7. The fraction of sp³-hybridized carbons (Fsp3) is 1.00. The van der Waals surface area contributed by atoms with Crippen LogP contribution in [0.4, 0.5) is 0 Å². The van der Waals surface area contributed by atoms with Gasteiger partial charge in [0.05, 0.1) is 6.10 Å². The van der Waals surface area contributed by atoms with Crippen molar-refractivity contribution in [3.8, 4) is 0 Å². The molecule has 2 N–H and O–H groups in total. The van der Waals surface area contributed by atoms with Gasteiger partial charge in [-0.15, -0.1) is 0 Å². The molecular formula is C12H24N2O. The number of nitrogens with zero attached hydrogens (tertiary/aromatic N) is 1. The van der Waals surface area contributed by atoms with E-state index in [0.717, 1.165) is 25.4 Å². The minimum atomic E-state index is -0.0725. The Balaban J connectivity index is 1.75. The number of β-amino-alcohol motifs (C(OH)–C–C–N with tert-alkyl or cyclic N) is 1. The van der Waals surface area contributed by atoms with E-state index in [4.69, 9.17) is 0 Å². The molecule has 2 fully saturated rings. The first kappa shape index (κ1) is 11.4. The molecule has 88 valence electrons. The lowest BCUT2D eigenvalue weighted by molar-refractivity contribution is 0.137. The third-order valence-electron chi connectivity index (χ3n) is 3.98. The van der Waals surface area contributed by atoms with E-state index in [2.05, 4.69) is 17.1 Å². The molecule has 0 aliphatic carbocycles. The number of aliphatic hydroxyl groups is 1. The molecule has 2 aliphatic heterocycles. The van der Waals surface area contributed by atoms with Crippen LogP contribution in [0.5, 0.6) is 0 Å². The van der Waals surface area contributed by atoms with Crippen molar-refractivity contribution in [1.29, 1.82) is 0 Å². The summed E-state index contributed by atoms with van der Waals surface area (Å²) in [4.78, 5) is 2.47. The molecular weight excluding hydrogens is 188 g/mol. The van der Waals surface area contributed by atoms with Gasteiger partial charge in [0.25, 0.3) is 0 Å². The Morgan fingerprint density at radius 1 is 1.27 bits per heavy atom. The minimum absolute atomic E-state index is 0.0725. The van der Waals surface area contributed by atoms with Gasteiger partial charge in [-0.2, -0.15) is 0 Å². The lowest BCUT2D eigenvalue weighted by Gasteiger charge is -2.27. The van der Waals surface area contributed by atoms with Crippen LogP contribution in [0.1, 0.15) is 26.2 Å². The van der Waals surface area contributed by atoms with Crippen LogP contribution in [0.15, 0.2) is 0 Å². The van der Waals surface area contributed by atoms with E-state index in [9.17, 15) is 5.11 Å². The van der Waals surface area contributed by atoms with Gasteiger partial charge in [-0.05, 0) is 44.2 Å². The van der Waals surface area contributed by atoms with Gasteiger partial charge < -0.3 is 15.3 Å². The number of nitrogens with one attached hydrogen (secondary N) is 1. The summed E-state index contributed by atoms with van der Waals surface area (Å²) in [5.41, 5.74) is 0. The third-order valence-corrected chi connectivity index (χ3v) is 3.98. The van der Waals surface area contributed by atoms with Crippen molar-refractivity contribution >= 4 is 0 Å². The molecule has 0 amide bonds. The van der Waals surface area contributed by atoms with E-state index in [1.807, 2.05) is 0 Å². The van der Waals surface area contributed by atoms with Crippen LogP contribution in [0.3, 0.4) is 0 Å². The van der Waals surface area contributed by atoms with E-state index in [-0.39, 0.29) is 6.10 Å². The maximum atomic E-state index is 9.83. The Morgan fingerprint density at radius 2 is 2.00 bits per heavy atom.